The topological polar surface area (TPSA) is 60.5 Å². The van der Waals surface area contributed by atoms with Crippen molar-refractivity contribution < 1.29 is 0 Å². The largest absolute Gasteiger partial charge is 0.338 e. The van der Waals surface area contributed by atoms with Gasteiger partial charge in [-0.15, -0.1) is 12.3 Å². The SMILES string of the molecule is C#CCC1=C(/C=C\CN(c2ccccc2)c2ccc(CC)c(/C=C\C=C)c2)/C(=C/C)C(CCC(=C)N(c2ccc(C#N)cc2)c2ccc3ccccc3c2)N1C(=C)/C=C\C(=C/C)N(C(C=C)=CC/C=C(\C)C#N)/C(C=C)=C/C(C)=C/C=C\C=C\C. The van der Waals surface area contributed by atoms with Crippen molar-refractivity contribution in [1.29, 1.82) is 10.5 Å². The highest BCUT2D eigenvalue weighted by atomic mass is 15.2. The van der Waals surface area contributed by atoms with Gasteiger partial charge in [-0.3, -0.25) is 0 Å². The average molecular weight is 1110 g/mol. The molecule has 0 aliphatic carbocycles. The van der Waals surface area contributed by atoms with Gasteiger partial charge in [-0.05, 0) is 190 Å². The fraction of sp³-hybridized carbons (Fsp3) is 0.165. The molecule has 1 unspecified atom stereocenters. The lowest BCUT2D eigenvalue weighted by Gasteiger charge is -2.33. The number of nitrogens with zero attached hydrogens (tertiary/aromatic N) is 6. The minimum atomic E-state index is -0.205. The molecule has 0 N–H and O–H groups in total. The van der Waals surface area contributed by atoms with Crippen LogP contribution in [0.4, 0.5) is 22.7 Å². The summed E-state index contributed by atoms with van der Waals surface area (Å²) < 4.78 is 0. The van der Waals surface area contributed by atoms with Gasteiger partial charge in [0, 0.05) is 75.5 Å². The molecule has 85 heavy (non-hydrogen) atoms. The van der Waals surface area contributed by atoms with Gasteiger partial charge in [-0.25, -0.2) is 0 Å². The van der Waals surface area contributed by atoms with Crippen LogP contribution < -0.4 is 9.80 Å². The number of benzene rings is 5. The molecule has 1 heterocycles. The van der Waals surface area contributed by atoms with Gasteiger partial charge in [0.1, 0.15) is 0 Å². The molecular formula is C79H80N6. The molecule has 5 aromatic rings. The van der Waals surface area contributed by atoms with Crippen LogP contribution in [0, 0.1) is 35.0 Å². The molecule has 0 spiro atoms. The average Bonchev–Trinajstić information content (AvgIpc) is 2.52. The van der Waals surface area contributed by atoms with Crippen molar-refractivity contribution in [3.05, 3.63) is 331 Å². The zero-order valence-electron chi connectivity index (χ0n) is 50.6. The van der Waals surface area contributed by atoms with Crippen LogP contribution in [0.1, 0.15) is 83.9 Å². The first-order chi connectivity index (χ1) is 41.4. The van der Waals surface area contributed by atoms with Crippen molar-refractivity contribution in [1.82, 2.24) is 9.80 Å². The Morgan fingerprint density at radius 2 is 1.45 bits per heavy atom. The number of nitriles is 2. The summed E-state index contributed by atoms with van der Waals surface area (Å²) in [6.07, 6.45) is 48.0. The van der Waals surface area contributed by atoms with Crippen LogP contribution in [-0.2, 0) is 6.42 Å². The van der Waals surface area contributed by atoms with Gasteiger partial charge in [-0.2, -0.15) is 10.5 Å². The summed E-state index contributed by atoms with van der Waals surface area (Å²) in [5.41, 5.74) is 15.9. The smallest absolute Gasteiger partial charge is 0.0991 e. The molecule has 6 nitrogen and oxygen atoms in total. The Morgan fingerprint density at radius 3 is 2.11 bits per heavy atom. The van der Waals surface area contributed by atoms with Gasteiger partial charge in [0.2, 0.25) is 0 Å². The summed E-state index contributed by atoms with van der Waals surface area (Å²) in [5, 5.41) is 21.6. The van der Waals surface area contributed by atoms with Gasteiger partial charge in [0.05, 0.1) is 23.7 Å². The van der Waals surface area contributed by atoms with Crippen molar-refractivity contribution in [3.63, 3.8) is 0 Å². The van der Waals surface area contributed by atoms with Crippen molar-refractivity contribution in [3.8, 4) is 24.5 Å². The number of para-hydroxylation sites is 1. The number of fused-ring (bicyclic) bond motifs is 1. The van der Waals surface area contributed by atoms with E-state index in [1.807, 2.05) is 98.9 Å². The van der Waals surface area contributed by atoms with Crippen molar-refractivity contribution in [2.24, 2.45) is 0 Å². The molecule has 6 rings (SSSR count). The summed E-state index contributed by atoms with van der Waals surface area (Å²) in [6, 6.07) is 44.0. The van der Waals surface area contributed by atoms with E-state index in [1.165, 1.54) is 5.56 Å². The Bertz CT molecular complexity index is 3760. The third-order valence-electron chi connectivity index (χ3n) is 14.6. The van der Waals surface area contributed by atoms with E-state index < -0.39 is 0 Å². The summed E-state index contributed by atoms with van der Waals surface area (Å²) in [6.45, 7) is 34.9. The van der Waals surface area contributed by atoms with E-state index >= 15 is 0 Å². The van der Waals surface area contributed by atoms with Crippen LogP contribution in [0.3, 0.4) is 0 Å². The van der Waals surface area contributed by atoms with Crippen LogP contribution in [0.2, 0.25) is 0 Å². The minimum absolute atomic E-state index is 0.205. The van der Waals surface area contributed by atoms with E-state index in [9.17, 15) is 10.5 Å². The molecule has 1 aliphatic rings. The molecule has 0 aromatic heterocycles. The third kappa shape index (κ3) is 16.9. The fourth-order valence-corrected chi connectivity index (χ4v) is 10.4. The van der Waals surface area contributed by atoms with E-state index in [1.54, 1.807) is 6.92 Å². The van der Waals surface area contributed by atoms with Crippen LogP contribution in [0.5, 0.6) is 0 Å². The third-order valence-corrected chi connectivity index (χ3v) is 14.6. The Labute approximate surface area is 508 Å². The molecule has 0 amide bonds. The zero-order chi connectivity index (χ0) is 61.1. The van der Waals surface area contributed by atoms with Gasteiger partial charge in [-0.1, -0.05) is 179 Å². The number of terminal acetylenes is 1. The van der Waals surface area contributed by atoms with E-state index in [4.69, 9.17) is 19.6 Å². The molecule has 0 bridgehead atoms. The first-order valence-electron chi connectivity index (χ1n) is 29.0. The lowest BCUT2D eigenvalue weighted by molar-refractivity contribution is 0.362. The normalized spacial score (nSPS) is 14.9. The van der Waals surface area contributed by atoms with Crippen LogP contribution >= 0.6 is 0 Å². The molecule has 0 fully saturated rings. The van der Waals surface area contributed by atoms with Gasteiger partial charge >= 0.3 is 0 Å². The van der Waals surface area contributed by atoms with Gasteiger partial charge in [0.15, 0.2) is 0 Å². The molecule has 0 saturated heterocycles. The Balaban J connectivity index is 1.49. The molecule has 5 aromatic carbocycles. The van der Waals surface area contributed by atoms with Crippen molar-refractivity contribution in [2.45, 2.75) is 79.7 Å². The number of allylic oxidation sites excluding steroid dienone is 21. The van der Waals surface area contributed by atoms with Crippen LogP contribution in [0.25, 0.3) is 16.8 Å². The quantitative estimate of drug-likeness (QED) is 0.0283. The molecular weight excluding hydrogens is 1030 g/mol. The van der Waals surface area contributed by atoms with Gasteiger partial charge in [0.25, 0.3) is 0 Å². The molecule has 6 heteroatoms. The van der Waals surface area contributed by atoms with E-state index in [0.717, 1.165) is 96.4 Å². The second-order valence-electron chi connectivity index (χ2n) is 20.2. The fourth-order valence-electron chi connectivity index (χ4n) is 10.4. The predicted molar refractivity (Wildman–Crippen MR) is 365 cm³/mol. The maximum atomic E-state index is 9.80. The standard InChI is InChI=1S/C79H80N6/c1-13-21-23-25-33-60(9)55-71(19-7)85(69(17-5)40-30-34-61(10)58-80)70(18-6)48-42-63(12)84-78(32-15-3)77(41-31-54-82(72-38-26-24-27-39-72)74-51-46-65(16-4)67(56-74)35-22-14-2)76(20-8)79(84)53-43-62(11)83(73-49-44-64(59-81)45-50-73)75-52-47-66-36-28-29-37-68(66)57-75/h3,13-14,17-29,31,33-42,44-52,55-57,79H,2,5,7,11-12,16,30,32,43,53-54H2,1,4,6,8-10H3/b21-13+,25-23-,35-22-,41-31-,48-42-,60-33+,61-34+,69-40?,70-18+,71-55+,76-20-. The van der Waals surface area contributed by atoms with Crippen molar-refractivity contribution >= 4 is 39.6 Å². The highest BCUT2D eigenvalue weighted by Crippen LogP contribution is 2.43. The Morgan fingerprint density at radius 1 is 0.729 bits per heavy atom. The highest BCUT2D eigenvalue weighted by Gasteiger charge is 2.36. The van der Waals surface area contributed by atoms with Crippen molar-refractivity contribution in [2.75, 3.05) is 16.3 Å². The molecule has 1 aliphatic heterocycles. The second kappa shape index (κ2) is 33.0. The summed E-state index contributed by atoms with van der Waals surface area (Å²) in [4.78, 5) is 8.98. The number of anilines is 4. The van der Waals surface area contributed by atoms with E-state index in [-0.39, 0.29) is 6.04 Å². The Kier molecular flexibility index (Phi) is 24.8. The molecule has 0 saturated carbocycles. The highest BCUT2D eigenvalue weighted by molar-refractivity contribution is 5.87. The maximum Gasteiger partial charge on any atom is 0.0991 e. The first kappa shape index (κ1) is 63.9. The van der Waals surface area contributed by atoms with E-state index in [0.29, 0.717) is 43.4 Å². The molecule has 426 valence electrons. The Hall–Kier alpha value is -10.3. The zero-order valence-corrected chi connectivity index (χ0v) is 50.6. The number of aryl methyl sites for hydroxylation is 1. The number of hydrogen-bond donors (Lipinski definition) is 0. The lowest BCUT2D eigenvalue weighted by Crippen LogP contribution is -2.30. The summed E-state index contributed by atoms with van der Waals surface area (Å²) in [5.74, 6) is 3.04. The lowest BCUT2D eigenvalue weighted by atomic mass is 9.95. The van der Waals surface area contributed by atoms with Crippen LogP contribution in [-0.4, -0.2) is 22.4 Å². The summed E-state index contributed by atoms with van der Waals surface area (Å²) in [7, 11) is 0. The minimum Gasteiger partial charge on any atom is -0.338 e. The number of rotatable bonds is 28. The number of hydrogen-bond acceptors (Lipinski definition) is 6. The predicted octanol–water partition coefficient (Wildman–Crippen LogP) is 20.6. The van der Waals surface area contributed by atoms with Gasteiger partial charge < -0.3 is 19.6 Å². The molecule has 0 radical (unpaired) electrons. The summed E-state index contributed by atoms with van der Waals surface area (Å²) >= 11 is 0. The first-order valence-corrected chi connectivity index (χ1v) is 29.0. The van der Waals surface area contributed by atoms with Crippen LogP contribution in [0.15, 0.2) is 314 Å². The second-order valence-corrected chi connectivity index (χ2v) is 20.2. The monoisotopic (exact) mass is 1110 g/mol. The van der Waals surface area contributed by atoms with E-state index in [2.05, 4.69) is 224 Å². The maximum absolute atomic E-state index is 9.80. The molecule has 1 atom stereocenters.